The van der Waals surface area contributed by atoms with E-state index in [-0.39, 0.29) is 5.56 Å². The van der Waals surface area contributed by atoms with Gasteiger partial charge in [0.05, 0.1) is 41.8 Å². The summed E-state index contributed by atoms with van der Waals surface area (Å²) in [5, 5.41) is 9.71. The van der Waals surface area contributed by atoms with Crippen molar-refractivity contribution in [3.63, 3.8) is 0 Å². The number of aromatic nitrogens is 5. The first-order chi connectivity index (χ1) is 15.2. The topological polar surface area (TPSA) is 98.2 Å². The number of nitrogens with zero attached hydrogens (tertiary/aromatic N) is 5. The van der Waals surface area contributed by atoms with Crippen LogP contribution in [0.1, 0.15) is 5.56 Å². The lowest BCUT2D eigenvalue weighted by Gasteiger charge is -2.16. The Hall–Kier alpha value is -4.40. The molecule has 0 fully saturated rings. The quantitative estimate of drug-likeness (QED) is 0.486. The van der Waals surface area contributed by atoms with Gasteiger partial charge in [0, 0.05) is 17.8 Å². The van der Waals surface area contributed by atoms with E-state index in [9.17, 15) is 4.79 Å². The van der Waals surface area contributed by atoms with Crippen LogP contribution in [0.3, 0.4) is 0 Å². The van der Waals surface area contributed by atoms with Crippen LogP contribution in [0.25, 0.3) is 27.6 Å². The van der Waals surface area contributed by atoms with E-state index < -0.39 is 0 Å². The molecule has 0 atom stereocenters. The van der Waals surface area contributed by atoms with E-state index >= 15 is 0 Å². The van der Waals surface area contributed by atoms with Crippen molar-refractivity contribution in [3.8, 4) is 17.2 Å². The zero-order chi connectivity index (χ0) is 20.9. The summed E-state index contributed by atoms with van der Waals surface area (Å²) < 4.78 is 6.85. The number of fused-ring (bicyclic) bond motifs is 4. The van der Waals surface area contributed by atoms with Gasteiger partial charge in [-0.25, -0.2) is 4.98 Å². The van der Waals surface area contributed by atoms with Crippen molar-refractivity contribution in [2.75, 3.05) is 12.2 Å². The molecule has 0 saturated heterocycles. The maximum atomic E-state index is 13.3. The molecule has 1 aliphatic heterocycles. The Labute approximate surface area is 175 Å². The van der Waals surface area contributed by atoms with Gasteiger partial charge in [-0.15, -0.1) is 0 Å². The number of pyridine rings is 1. The predicted octanol–water partition coefficient (Wildman–Crippen LogP) is 2.98. The van der Waals surface area contributed by atoms with Crippen LogP contribution >= 0.6 is 0 Å². The fraction of sp³-hybridized carbons (Fsp3) is 0.0909. The zero-order valence-corrected chi connectivity index (χ0v) is 16.4. The van der Waals surface area contributed by atoms with E-state index in [1.54, 1.807) is 22.9 Å². The van der Waals surface area contributed by atoms with Crippen LogP contribution in [0.4, 0.5) is 5.95 Å². The van der Waals surface area contributed by atoms with Crippen molar-refractivity contribution < 1.29 is 9.57 Å². The van der Waals surface area contributed by atoms with Gasteiger partial charge in [-0.2, -0.15) is 15.1 Å². The summed E-state index contributed by atoms with van der Waals surface area (Å²) in [6, 6.07) is 15.0. The van der Waals surface area contributed by atoms with E-state index in [0.29, 0.717) is 51.6 Å². The monoisotopic (exact) mass is 412 g/mol. The molecule has 0 saturated carbocycles. The summed E-state index contributed by atoms with van der Waals surface area (Å²) in [6.45, 7) is 0.479. The Kier molecular flexibility index (Phi) is 3.69. The second kappa shape index (κ2) is 6.56. The highest BCUT2D eigenvalue weighted by Crippen LogP contribution is 2.34. The number of ether oxygens (including phenoxy) is 1. The Morgan fingerprint density at radius 1 is 1.10 bits per heavy atom. The molecule has 31 heavy (non-hydrogen) atoms. The molecular weight excluding hydrogens is 396 g/mol. The first-order valence-corrected chi connectivity index (χ1v) is 9.65. The van der Waals surface area contributed by atoms with Crippen LogP contribution in [0.2, 0.25) is 0 Å². The number of H-pyrrole nitrogens is 1. The van der Waals surface area contributed by atoms with Crippen LogP contribution in [0.5, 0.6) is 11.5 Å². The molecular formula is C22H16N6O3. The Morgan fingerprint density at radius 3 is 2.81 bits per heavy atom. The SMILES string of the molecule is COc1ccc2c(c1)ON(c1ncc3c4[nH]ncc4c(=O)n(-c4ccccc4)c3n1)C2. The van der Waals surface area contributed by atoms with Gasteiger partial charge in [0.15, 0.2) is 11.4 Å². The van der Waals surface area contributed by atoms with Gasteiger partial charge in [0.2, 0.25) is 0 Å². The Morgan fingerprint density at radius 2 is 1.97 bits per heavy atom. The van der Waals surface area contributed by atoms with Crippen molar-refractivity contribution in [2.24, 2.45) is 0 Å². The molecule has 0 radical (unpaired) electrons. The first kappa shape index (κ1) is 17.5. The fourth-order valence-electron chi connectivity index (χ4n) is 3.81. The third-order valence-electron chi connectivity index (χ3n) is 5.34. The molecule has 0 unspecified atom stereocenters. The van der Waals surface area contributed by atoms with E-state index in [0.717, 1.165) is 5.56 Å². The highest BCUT2D eigenvalue weighted by molar-refractivity contribution is 6.02. The van der Waals surface area contributed by atoms with Crippen LogP contribution in [-0.2, 0) is 6.54 Å². The largest absolute Gasteiger partial charge is 0.497 e. The molecule has 1 aliphatic rings. The van der Waals surface area contributed by atoms with E-state index in [1.807, 2.05) is 48.5 Å². The first-order valence-electron chi connectivity index (χ1n) is 9.65. The van der Waals surface area contributed by atoms with Crippen LogP contribution < -0.4 is 20.2 Å². The third kappa shape index (κ3) is 2.63. The number of methoxy groups -OCH3 is 1. The standard InChI is InChI=1S/C22H16N6O3/c1-30-15-8-7-13-12-27(31-18(13)9-15)22-23-10-16-19-17(11-24-26-19)21(29)28(20(16)25-22)14-5-3-2-4-6-14/h2-11H,12H2,1H3,(H,24,26). The molecule has 4 heterocycles. The van der Waals surface area contributed by atoms with Gasteiger partial charge in [0.25, 0.3) is 11.5 Å². The van der Waals surface area contributed by atoms with Crippen molar-refractivity contribution in [1.29, 1.82) is 0 Å². The highest BCUT2D eigenvalue weighted by atomic mass is 16.7. The molecule has 3 aromatic heterocycles. The summed E-state index contributed by atoms with van der Waals surface area (Å²) in [7, 11) is 1.61. The average Bonchev–Trinajstić information content (AvgIpc) is 3.47. The normalized spacial score (nSPS) is 12.9. The second-order valence-electron chi connectivity index (χ2n) is 7.14. The van der Waals surface area contributed by atoms with Gasteiger partial charge in [-0.05, 0) is 24.3 Å². The number of benzene rings is 2. The van der Waals surface area contributed by atoms with Crippen molar-refractivity contribution in [1.82, 2.24) is 24.7 Å². The Balaban J connectivity index is 1.54. The molecule has 1 N–H and O–H groups in total. The van der Waals surface area contributed by atoms with Crippen molar-refractivity contribution in [3.05, 3.63) is 76.8 Å². The minimum atomic E-state index is -0.206. The number of hydrogen-bond acceptors (Lipinski definition) is 7. The van der Waals surface area contributed by atoms with Crippen LogP contribution in [0.15, 0.2) is 65.7 Å². The number of hydroxylamine groups is 1. The van der Waals surface area contributed by atoms with Gasteiger partial charge >= 0.3 is 0 Å². The van der Waals surface area contributed by atoms with E-state index in [4.69, 9.17) is 14.6 Å². The van der Waals surface area contributed by atoms with Gasteiger partial charge in [0.1, 0.15) is 5.75 Å². The third-order valence-corrected chi connectivity index (χ3v) is 5.34. The lowest BCUT2D eigenvalue weighted by molar-refractivity contribution is 0.300. The summed E-state index contributed by atoms with van der Waals surface area (Å²) in [5.41, 5.74) is 2.57. The number of rotatable bonds is 3. The second-order valence-corrected chi connectivity index (χ2v) is 7.14. The molecule has 9 nitrogen and oxygen atoms in total. The maximum Gasteiger partial charge on any atom is 0.267 e. The summed E-state index contributed by atoms with van der Waals surface area (Å²) in [4.78, 5) is 28.5. The summed E-state index contributed by atoms with van der Waals surface area (Å²) >= 11 is 0. The fourth-order valence-corrected chi connectivity index (χ4v) is 3.81. The minimum Gasteiger partial charge on any atom is -0.497 e. The van der Waals surface area contributed by atoms with Gasteiger partial charge in [-0.3, -0.25) is 14.5 Å². The summed E-state index contributed by atoms with van der Waals surface area (Å²) in [6.07, 6.45) is 3.21. The van der Waals surface area contributed by atoms with Crippen molar-refractivity contribution >= 4 is 27.9 Å². The number of para-hydroxylation sites is 1. The molecule has 0 bridgehead atoms. The van der Waals surface area contributed by atoms with Crippen LogP contribution in [-0.4, -0.2) is 31.8 Å². The number of nitrogens with one attached hydrogen (secondary N) is 1. The Bertz CT molecular complexity index is 1510. The van der Waals surface area contributed by atoms with Crippen molar-refractivity contribution in [2.45, 2.75) is 6.54 Å². The average molecular weight is 412 g/mol. The lowest BCUT2D eigenvalue weighted by atomic mass is 10.2. The number of aromatic amines is 1. The smallest absolute Gasteiger partial charge is 0.267 e. The van der Waals surface area contributed by atoms with E-state index in [1.165, 1.54) is 6.20 Å². The molecule has 152 valence electrons. The van der Waals surface area contributed by atoms with Gasteiger partial charge in [-0.1, -0.05) is 18.2 Å². The molecule has 0 amide bonds. The van der Waals surface area contributed by atoms with Gasteiger partial charge < -0.3 is 9.57 Å². The maximum absolute atomic E-state index is 13.3. The molecule has 9 heteroatoms. The molecule has 0 spiro atoms. The summed E-state index contributed by atoms with van der Waals surface area (Å²) in [5.74, 6) is 1.75. The number of hydrogen-bond donors (Lipinski definition) is 1. The highest BCUT2D eigenvalue weighted by Gasteiger charge is 2.25. The van der Waals surface area contributed by atoms with E-state index in [2.05, 4.69) is 15.2 Å². The van der Waals surface area contributed by atoms with Crippen LogP contribution in [0, 0.1) is 0 Å². The molecule has 6 rings (SSSR count). The number of anilines is 1. The minimum absolute atomic E-state index is 0.206. The predicted molar refractivity (Wildman–Crippen MR) is 115 cm³/mol. The molecule has 5 aromatic rings. The molecule has 0 aliphatic carbocycles. The lowest BCUT2D eigenvalue weighted by Crippen LogP contribution is -2.24. The zero-order valence-electron chi connectivity index (χ0n) is 16.4. The molecule has 2 aromatic carbocycles.